The SMILES string of the molecule is Cc1cc(C(=O)c2cccc(Br)c2F)sc1Br. The van der Waals surface area contributed by atoms with Crippen molar-refractivity contribution in [2.45, 2.75) is 6.92 Å². The topological polar surface area (TPSA) is 17.1 Å². The lowest BCUT2D eigenvalue weighted by Gasteiger charge is -2.01. The number of rotatable bonds is 2. The van der Waals surface area contributed by atoms with Crippen LogP contribution in [0.2, 0.25) is 0 Å². The third kappa shape index (κ3) is 2.51. The van der Waals surface area contributed by atoms with Crippen molar-refractivity contribution in [3.05, 3.63) is 54.3 Å². The van der Waals surface area contributed by atoms with E-state index in [-0.39, 0.29) is 11.3 Å². The molecule has 0 unspecified atom stereocenters. The molecule has 88 valence electrons. The van der Waals surface area contributed by atoms with Crippen LogP contribution >= 0.6 is 43.2 Å². The molecule has 1 aromatic heterocycles. The summed E-state index contributed by atoms with van der Waals surface area (Å²) in [6, 6.07) is 6.47. The van der Waals surface area contributed by atoms with Gasteiger partial charge >= 0.3 is 0 Å². The Morgan fingerprint density at radius 3 is 2.65 bits per heavy atom. The van der Waals surface area contributed by atoms with Crippen molar-refractivity contribution in [2.24, 2.45) is 0 Å². The fraction of sp³-hybridized carbons (Fsp3) is 0.0833. The molecule has 0 aliphatic heterocycles. The lowest BCUT2D eigenvalue weighted by Crippen LogP contribution is -2.02. The van der Waals surface area contributed by atoms with Gasteiger partial charge in [-0.1, -0.05) is 6.07 Å². The van der Waals surface area contributed by atoms with Gasteiger partial charge in [0.1, 0.15) is 5.82 Å². The summed E-state index contributed by atoms with van der Waals surface area (Å²) in [7, 11) is 0. The number of hydrogen-bond donors (Lipinski definition) is 0. The quantitative estimate of drug-likeness (QED) is 0.676. The molecule has 0 saturated carbocycles. The Morgan fingerprint density at radius 2 is 2.06 bits per heavy atom. The molecule has 5 heteroatoms. The molecule has 1 heterocycles. The molecule has 0 aliphatic carbocycles. The molecular formula is C12H7Br2FOS. The predicted octanol–water partition coefficient (Wildman–Crippen LogP) is 4.95. The highest BCUT2D eigenvalue weighted by Crippen LogP contribution is 2.30. The van der Waals surface area contributed by atoms with E-state index >= 15 is 0 Å². The molecule has 0 saturated heterocycles. The van der Waals surface area contributed by atoms with Gasteiger partial charge in [-0.15, -0.1) is 11.3 Å². The van der Waals surface area contributed by atoms with Gasteiger partial charge in [0.25, 0.3) is 0 Å². The molecule has 0 aliphatic rings. The Labute approximate surface area is 119 Å². The Balaban J connectivity index is 2.47. The standard InChI is InChI=1S/C12H7Br2FOS/c1-6-5-9(17-12(6)14)11(16)7-3-2-4-8(13)10(7)15/h2-5H,1H3. The summed E-state index contributed by atoms with van der Waals surface area (Å²) in [4.78, 5) is 12.6. The van der Waals surface area contributed by atoms with Gasteiger partial charge in [-0.25, -0.2) is 4.39 Å². The molecule has 1 aromatic carbocycles. The van der Waals surface area contributed by atoms with Crippen LogP contribution in [0.15, 0.2) is 32.5 Å². The van der Waals surface area contributed by atoms with Crippen LogP contribution in [-0.2, 0) is 0 Å². The average molecular weight is 378 g/mol. The number of halogens is 3. The highest BCUT2D eigenvalue weighted by molar-refractivity contribution is 9.11. The van der Waals surface area contributed by atoms with Crippen LogP contribution in [0.4, 0.5) is 4.39 Å². The lowest BCUT2D eigenvalue weighted by molar-refractivity contribution is 0.103. The number of benzene rings is 1. The van der Waals surface area contributed by atoms with E-state index in [1.165, 1.54) is 17.4 Å². The molecule has 0 fully saturated rings. The molecule has 2 rings (SSSR count). The maximum atomic E-state index is 13.8. The van der Waals surface area contributed by atoms with Crippen molar-refractivity contribution in [3.8, 4) is 0 Å². The second-order valence-electron chi connectivity index (χ2n) is 3.50. The Morgan fingerprint density at radius 1 is 1.35 bits per heavy atom. The molecule has 1 nitrogen and oxygen atoms in total. The van der Waals surface area contributed by atoms with E-state index in [1.54, 1.807) is 18.2 Å². The van der Waals surface area contributed by atoms with E-state index < -0.39 is 5.82 Å². The summed E-state index contributed by atoms with van der Waals surface area (Å²) in [5.74, 6) is -0.803. The third-order valence-electron chi connectivity index (χ3n) is 2.28. The monoisotopic (exact) mass is 376 g/mol. The van der Waals surface area contributed by atoms with Crippen LogP contribution in [0.25, 0.3) is 0 Å². The Kier molecular flexibility index (Phi) is 3.80. The first-order valence-electron chi connectivity index (χ1n) is 4.75. The highest BCUT2D eigenvalue weighted by atomic mass is 79.9. The summed E-state index contributed by atoms with van der Waals surface area (Å²) >= 11 is 7.74. The summed E-state index contributed by atoms with van der Waals surface area (Å²) in [6.07, 6.45) is 0. The van der Waals surface area contributed by atoms with Crippen molar-refractivity contribution < 1.29 is 9.18 Å². The minimum absolute atomic E-state index is 0.0909. The molecule has 17 heavy (non-hydrogen) atoms. The Hall–Kier alpha value is -0.520. The van der Waals surface area contributed by atoms with Gasteiger partial charge in [0.05, 0.1) is 18.7 Å². The molecule has 0 radical (unpaired) electrons. The Bertz CT molecular complexity index is 573. The summed E-state index contributed by atoms with van der Waals surface area (Å²) in [5.41, 5.74) is 1.07. The maximum Gasteiger partial charge on any atom is 0.205 e. The first-order chi connectivity index (χ1) is 8.00. The van der Waals surface area contributed by atoms with Crippen molar-refractivity contribution in [1.29, 1.82) is 0 Å². The maximum absolute atomic E-state index is 13.8. The van der Waals surface area contributed by atoms with Gasteiger partial charge in [-0.2, -0.15) is 0 Å². The minimum Gasteiger partial charge on any atom is -0.288 e. The fourth-order valence-corrected chi connectivity index (χ4v) is 3.24. The van der Waals surface area contributed by atoms with E-state index in [2.05, 4.69) is 31.9 Å². The lowest BCUT2D eigenvalue weighted by atomic mass is 10.1. The van der Waals surface area contributed by atoms with Gasteiger partial charge < -0.3 is 0 Å². The number of carbonyl (C=O) groups is 1. The zero-order valence-corrected chi connectivity index (χ0v) is 12.7. The first kappa shape index (κ1) is 12.9. The summed E-state index contributed by atoms with van der Waals surface area (Å²) in [6.45, 7) is 1.90. The normalized spacial score (nSPS) is 10.6. The highest BCUT2D eigenvalue weighted by Gasteiger charge is 2.18. The van der Waals surface area contributed by atoms with Crippen molar-refractivity contribution in [2.75, 3.05) is 0 Å². The second kappa shape index (κ2) is 5.00. The molecule has 0 N–H and O–H groups in total. The van der Waals surface area contributed by atoms with Crippen LogP contribution in [0, 0.1) is 12.7 Å². The van der Waals surface area contributed by atoms with Crippen LogP contribution < -0.4 is 0 Å². The molecule has 0 spiro atoms. The minimum atomic E-state index is -0.514. The van der Waals surface area contributed by atoms with E-state index in [9.17, 15) is 9.18 Å². The fourth-order valence-electron chi connectivity index (χ4n) is 1.38. The summed E-state index contributed by atoms with van der Waals surface area (Å²) in [5, 5.41) is 0. The molecule has 0 bridgehead atoms. The van der Waals surface area contributed by atoms with Gasteiger partial charge in [-0.3, -0.25) is 4.79 Å². The number of aryl methyl sites for hydroxylation is 1. The largest absolute Gasteiger partial charge is 0.288 e. The van der Waals surface area contributed by atoms with Crippen LogP contribution in [0.3, 0.4) is 0 Å². The molecular weight excluding hydrogens is 371 g/mol. The van der Waals surface area contributed by atoms with Gasteiger partial charge in [0, 0.05) is 0 Å². The van der Waals surface area contributed by atoms with E-state index in [1.807, 2.05) is 6.92 Å². The summed E-state index contributed by atoms with van der Waals surface area (Å²) < 4.78 is 15.0. The molecule has 0 atom stereocenters. The van der Waals surface area contributed by atoms with Crippen LogP contribution in [-0.4, -0.2) is 5.78 Å². The average Bonchev–Trinajstić information content (AvgIpc) is 2.62. The molecule has 0 amide bonds. The predicted molar refractivity (Wildman–Crippen MR) is 74.3 cm³/mol. The van der Waals surface area contributed by atoms with E-state index in [4.69, 9.17) is 0 Å². The second-order valence-corrected chi connectivity index (χ2v) is 6.72. The first-order valence-corrected chi connectivity index (χ1v) is 7.15. The zero-order valence-electron chi connectivity index (χ0n) is 8.76. The third-order valence-corrected chi connectivity index (χ3v) is 5.03. The van der Waals surface area contributed by atoms with Gasteiger partial charge in [-0.05, 0) is 62.5 Å². The van der Waals surface area contributed by atoms with Crippen LogP contribution in [0.1, 0.15) is 20.8 Å². The number of hydrogen-bond acceptors (Lipinski definition) is 2. The van der Waals surface area contributed by atoms with E-state index in [0.717, 1.165) is 9.35 Å². The van der Waals surface area contributed by atoms with Crippen molar-refractivity contribution in [3.63, 3.8) is 0 Å². The van der Waals surface area contributed by atoms with Crippen molar-refractivity contribution in [1.82, 2.24) is 0 Å². The zero-order chi connectivity index (χ0) is 12.6. The smallest absolute Gasteiger partial charge is 0.205 e. The number of ketones is 1. The van der Waals surface area contributed by atoms with Gasteiger partial charge in [0.15, 0.2) is 0 Å². The van der Waals surface area contributed by atoms with E-state index in [0.29, 0.717) is 9.35 Å². The van der Waals surface area contributed by atoms with Crippen LogP contribution in [0.5, 0.6) is 0 Å². The number of thiophene rings is 1. The molecule has 2 aromatic rings. The van der Waals surface area contributed by atoms with Gasteiger partial charge in [0.2, 0.25) is 5.78 Å². The van der Waals surface area contributed by atoms with Crippen molar-refractivity contribution >= 4 is 49.0 Å². The number of carbonyl (C=O) groups excluding carboxylic acids is 1.